The molecule has 1 aromatic carbocycles. The van der Waals surface area contributed by atoms with Gasteiger partial charge in [-0.2, -0.15) is 0 Å². The number of H-pyrrole nitrogens is 2. The molecule has 0 saturated heterocycles. The lowest BCUT2D eigenvalue weighted by atomic mass is 10.1. The molecular formula is C13H12N6O3. The van der Waals surface area contributed by atoms with Crippen molar-refractivity contribution in [1.82, 2.24) is 19.9 Å². The van der Waals surface area contributed by atoms with Crippen LogP contribution in [-0.2, 0) is 0 Å². The molecule has 2 aromatic heterocycles. The van der Waals surface area contributed by atoms with Crippen molar-refractivity contribution >= 4 is 28.8 Å². The van der Waals surface area contributed by atoms with E-state index < -0.39 is 11.8 Å². The van der Waals surface area contributed by atoms with Crippen LogP contribution in [0.4, 0.5) is 5.95 Å². The van der Waals surface area contributed by atoms with Gasteiger partial charge in [-0.3, -0.25) is 14.9 Å². The molecule has 2 amide bonds. The van der Waals surface area contributed by atoms with Crippen LogP contribution in [0.25, 0.3) is 11.0 Å². The van der Waals surface area contributed by atoms with Crippen molar-refractivity contribution in [2.45, 2.75) is 0 Å². The number of nitrogens with one attached hydrogen (secondary N) is 3. The van der Waals surface area contributed by atoms with Crippen molar-refractivity contribution in [3.63, 3.8) is 0 Å². The smallest absolute Gasteiger partial charge is 0.284 e. The van der Waals surface area contributed by atoms with E-state index in [1.807, 2.05) is 0 Å². The van der Waals surface area contributed by atoms with E-state index in [0.29, 0.717) is 22.7 Å². The first kappa shape index (κ1) is 13.6. The van der Waals surface area contributed by atoms with Crippen LogP contribution in [0.3, 0.4) is 0 Å². The molecule has 0 radical (unpaired) electrons. The molecule has 9 heteroatoms. The Hall–Kier alpha value is -3.36. The minimum Gasteiger partial charge on any atom is -0.496 e. The number of hydrogen-bond acceptors (Lipinski definition) is 5. The second kappa shape index (κ2) is 5.20. The number of amides is 2. The normalized spacial score (nSPS) is 10.6. The fourth-order valence-corrected chi connectivity index (χ4v) is 2.07. The highest BCUT2D eigenvalue weighted by Gasteiger charge is 2.21. The molecule has 3 rings (SSSR count). The van der Waals surface area contributed by atoms with Crippen molar-refractivity contribution in [3.8, 4) is 5.75 Å². The fourth-order valence-electron chi connectivity index (χ4n) is 2.07. The van der Waals surface area contributed by atoms with E-state index >= 15 is 0 Å². The van der Waals surface area contributed by atoms with E-state index in [0.717, 1.165) is 0 Å². The molecule has 0 unspecified atom stereocenters. The van der Waals surface area contributed by atoms with Crippen LogP contribution in [0.15, 0.2) is 24.5 Å². The minimum absolute atomic E-state index is 0.0321. The fraction of sp³-hybridized carbons (Fsp3) is 0.0769. The average molecular weight is 300 g/mol. The summed E-state index contributed by atoms with van der Waals surface area (Å²) in [7, 11) is 1.44. The minimum atomic E-state index is -0.715. The zero-order valence-electron chi connectivity index (χ0n) is 11.5. The third-order valence-electron chi connectivity index (χ3n) is 3.03. The van der Waals surface area contributed by atoms with E-state index in [1.165, 1.54) is 13.3 Å². The number of hydrogen-bond donors (Lipinski definition) is 4. The Morgan fingerprint density at radius 3 is 2.82 bits per heavy atom. The van der Waals surface area contributed by atoms with Gasteiger partial charge < -0.3 is 20.4 Å². The molecule has 112 valence electrons. The Morgan fingerprint density at radius 1 is 1.36 bits per heavy atom. The van der Waals surface area contributed by atoms with Crippen molar-refractivity contribution in [2.24, 2.45) is 5.73 Å². The monoisotopic (exact) mass is 300 g/mol. The van der Waals surface area contributed by atoms with Gasteiger partial charge in [0.05, 0.1) is 18.1 Å². The number of imidazole rings is 2. The summed E-state index contributed by atoms with van der Waals surface area (Å²) in [4.78, 5) is 37.2. The first-order chi connectivity index (χ1) is 10.6. The van der Waals surface area contributed by atoms with Gasteiger partial charge in [-0.15, -0.1) is 0 Å². The Kier molecular flexibility index (Phi) is 3.22. The second-order valence-electron chi connectivity index (χ2n) is 4.38. The maximum absolute atomic E-state index is 12.5. The number of methoxy groups -OCH3 is 1. The van der Waals surface area contributed by atoms with E-state index in [2.05, 4.69) is 25.3 Å². The molecule has 22 heavy (non-hydrogen) atoms. The molecule has 0 spiro atoms. The maximum Gasteiger partial charge on any atom is 0.284 e. The number of anilines is 1. The molecule has 0 aliphatic heterocycles. The highest BCUT2D eigenvalue weighted by atomic mass is 16.5. The summed E-state index contributed by atoms with van der Waals surface area (Å²) in [5, 5.41) is 2.59. The quantitative estimate of drug-likeness (QED) is 0.560. The van der Waals surface area contributed by atoms with Gasteiger partial charge in [0, 0.05) is 12.4 Å². The Labute approximate surface area is 123 Å². The van der Waals surface area contributed by atoms with Crippen LogP contribution in [0.1, 0.15) is 21.0 Å². The predicted molar refractivity (Wildman–Crippen MR) is 77.7 cm³/mol. The summed E-state index contributed by atoms with van der Waals surface area (Å²) in [5.74, 6) is -0.588. The van der Waals surface area contributed by atoms with Gasteiger partial charge in [-0.1, -0.05) is 0 Å². The molecule has 0 atom stereocenters. The number of carbonyl (C=O) groups excluding carboxylic acids is 2. The van der Waals surface area contributed by atoms with Crippen LogP contribution < -0.4 is 15.8 Å². The summed E-state index contributed by atoms with van der Waals surface area (Å²) in [6.07, 6.45) is 3.09. The van der Waals surface area contributed by atoms with Crippen molar-refractivity contribution in [3.05, 3.63) is 35.9 Å². The van der Waals surface area contributed by atoms with Crippen molar-refractivity contribution < 1.29 is 14.3 Å². The number of rotatable bonds is 4. The van der Waals surface area contributed by atoms with Crippen molar-refractivity contribution in [1.29, 1.82) is 0 Å². The Morgan fingerprint density at radius 2 is 2.18 bits per heavy atom. The zero-order valence-corrected chi connectivity index (χ0v) is 11.5. The molecule has 0 aliphatic rings. The molecule has 2 heterocycles. The lowest BCUT2D eigenvalue weighted by Gasteiger charge is -2.08. The predicted octanol–water partition coefficient (Wildman–Crippen LogP) is 0.646. The largest absolute Gasteiger partial charge is 0.496 e. The van der Waals surface area contributed by atoms with E-state index in [9.17, 15) is 9.59 Å². The number of benzene rings is 1. The number of ether oxygens (including phenoxy) is 1. The summed E-state index contributed by atoms with van der Waals surface area (Å²) in [6, 6.07) is 3.21. The number of aromatic amines is 2. The van der Waals surface area contributed by atoms with E-state index in [4.69, 9.17) is 10.5 Å². The summed E-state index contributed by atoms with van der Waals surface area (Å²) >= 11 is 0. The molecule has 9 nitrogen and oxygen atoms in total. The van der Waals surface area contributed by atoms with E-state index in [-0.39, 0.29) is 11.4 Å². The van der Waals surface area contributed by atoms with Crippen molar-refractivity contribution in [2.75, 3.05) is 12.4 Å². The van der Waals surface area contributed by atoms with Gasteiger partial charge in [0.1, 0.15) is 11.3 Å². The van der Waals surface area contributed by atoms with Gasteiger partial charge in [-0.05, 0) is 12.1 Å². The number of carbonyl (C=O) groups is 2. The Bertz CT molecular complexity index is 852. The zero-order chi connectivity index (χ0) is 15.7. The van der Waals surface area contributed by atoms with Gasteiger partial charge in [0.2, 0.25) is 5.95 Å². The van der Waals surface area contributed by atoms with Gasteiger partial charge >= 0.3 is 0 Å². The van der Waals surface area contributed by atoms with E-state index in [1.54, 1.807) is 18.3 Å². The molecule has 0 aliphatic carbocycles. The van der Waals surface area contributed by atoms with Gasteiger partial charge in [0.25, 0.3) is 11.8 Å². The standard InChI is InChI=1S/C13H12N6O3/c1-22-7-3-2-6-9(18-11(17-6)10(14)20)8(7)12(21)19-13-15-4-5-16-13/h2-5H,1H3,(H2,14,20)(H,17,18)(H2,15,16,19,21). The average Bonchev–Trinajstić information content (AvgIpc) is 3.14. The highest BCUT2D eigenvalue weighted by Crippen LogP contribution is 2.27. The number of nitrogens with zero attached hydrogens (tertiary/aromatic N) is 2. The molecule has 0 saturated carbocycles. The topological polar surface area (TPSA) is 139 Å². The maximum atomic E-state index is 12.5. The number of aromatic nitrogens is 4. The number of nitrogens with two attached hydrogens (primary N) is 1. The molecule has 0 bridgehead atoms. The molecular weight excluding hydrogens is 288 g/mol. The second-order valence-corrected chi connectivity index (χ2v) is 4.38. The molecule has 3 aromatic rings. The van der Waals surface area contributed by atoms with Crippen LogP contribution in [0.2, 0.25) is 0 Å². The summed E-state index contributed by atoms with van der Waals surface area (Å²) in [5.41, 5.74) is 6.20. The van der Waals surface area contributed by atoms with Crippen LogP contribution in [0, 0.1) is 0 Å². The summed E-state index contributed by atoms with van der Waals surface area (Å²) in [6.45, 7) is 0. The lowest BCUT2D eigenvalue weighted by molar-refractivity contribution is 0.0988. The van der Waals surface area contributed by atoms with Gasteiger partial charge in [0.15, 0.2) is 5.82 Å². The third kappa shape index (κ3) is 2.24. The SMILES string of the molecule is COc1ccc2nc(C(N)=O)[nH]c2c1C(=O)Nc1ncc[nH]1. The number of fused-ring (bicyclic) bond motifs is 1. The van der Waals surface area contributed by atoms with Gasteiger partial charge in [-0.25, -0.2) is 9.97 Å². The van der Waals surface area contributed by atoms with Crippen LogP contribution in [-0.4, -0.2) is 38.9 Å². The molecule has 0 fully saturated rings. The summed E-state index contributed by atoms with van der Waals surface area (Å²) < 4.78 is 5.21. The number of primary amides is 1. The lowest BCUT2D eigenvalue weighted by Crippen LogP contribution is -2.15. The molecule has 5 N–H and O–H groups in total. The first-order valence-electron chi connectivity index (χ1n) is 6.27. The van der Waals surface area contributed by atoms with Crippen LogP contribution in [0.5, 0.6) is 5.75 Å². The first-order valence-corrected chi connectivity index (χ1v) is 6.27. The highest BCUT2D eigenvalue weighted by molar-refractivity contribution is 6.13. The van der Waals surface area contributed by atoms with Crippen LogP contribution >= 0.6 is 0 Å². The Balaban J connectivity index is 2.12. The third-order valence-corrected chi connectivity index (χ3v) is 3.03.